The number of methoxy groups -OCH3 is 1. The van der Waals surface area contributed by atoms with Crippen molar-refractivity contribution in [2.75, 3.05) is 12.4 Å². The third kappa shape index (κ3) is 3.51. The van der Waals surface area contributed by atoms with Crippen molar-refractivity contribution in [3.63, 3.8) is 0 Å². The molecule has 5 nitrogen and oxygen atoms in total. The zero-order valence-corrected chi connectivity index (χ0v) is 12.3. The smallest absolute Gasteiger partial charge is 0.272 e. The van der Waals surface area contributed by atoms with E-state index in [1.54, 1.807) is 26.2 Å². The van der Waals surface area contributed by atoms with Crippen LogP contribution in [0, 0.1) is 24.0 Å². The minimum atomic E-state index is -0.350. The molecule has 0 spiro atoms. The molecule has 0 fully saturated rings. The number of nitro groups is 1. The first-order chi connectivity index (χ1) is 10.0. The first kappa shape index (κ1) is 14.8. The first-order valence-corrected chi connectivity index (χ1v) is 6.63. The van der Waals surface area contributed by atoms with Gasteiger partial charge in [0.25, 0.3) is 5.69 Å². The maximum absolute atomic E-state index is 10.9. The van der Waals surface area contributed by atoms with Crippen molar-refractivity contribution in [2.24, 2.45) is 0 Å². The summed E-state index contributed by atoms with van der Waals surface area (Å²) in [6.45, 7) is 4.26. The Balaban J connectivity index is 2.13. The zero-order chi connectivity index (χ0) is 15.4. The Labute approximate surface area is 123 Å². The van der Waals surface area contributed by atoms with Crippen LogP contribution in [0.2, 0.25) is 0 Å². The molecule has 2 rings (SSSR count). The van der Waals surface area contributed by atoms with Crippen LogP contribution in [0.15, 0.2) is 36.4 Å². The van der Waals surface area contributed by atoms with Crippen LogP contribution in [-0.2, 0) is 6.54 Å². The van der Waals surface area contributed by atoms with Crippen LogP contribution in [-0.4, -0.2) is 12.0 Å². The molecule has 0 heterocycles. The number of aryl methyl sites for hydroxylation is 2. The van der Waals surface area contributed by atoms with Crippen LogP contribution in [0.3, 0.4) is 0 Å². The summed E-state index contributed by atoms with van der Waals surface area (Å²) < 4.78 is 5.17. The summed E-state index contributed by atoms with van der Waals surface area (Å²) in [5.41, 5.74) is 3.75. The minimum Gasteiger partial charge on any atom is -0.497 e. The quantitative estimate of drug-likeness (QED) is 0.670. The van der Waals surface area contributed by atoms with Gasteiger partial charge in [0.05, 0.1) is 12.0 Å². The molecular weight excluding hydrogens is 268 g/mol. The van der Waals surface area contributed by atoms with Gasteiger partial charge < -0.3 is 10.1 Å². The predicted octanol–water partition coefficient (Wildman–Crippen LogP) is 3.83. The number of benzene rings is 2. The van der Waals surface area contributed by atoms with E-state index in [-0.39, 0.29) is 10.6 Å². The van der Waals surface area contributed by atoms with Crippen molar-refractivity contribution in [1.29, 1.82) is 0 Å². The topological polar surface area (TPSA) is 64.4 Å². The predicted molar refractivity (Wildman–Crippen MR) is 82.9 cm³/mol. The molecule has 0 aliphatic carbocycles. The lowest BCUT2D eigenvalue weighted by Crippen LogP contribution is -2.02. The summed E-state index contributed by atoms with van der Waals surface area (Å²) in [6.07, 6.45) is 0. The highest BCUT2D eigenvalue weighted by Crippen LogP contribution is 2.23. The van der Waals surface area contributed by atoms with Gasteiger partial charge in [-0.3, -0.25) is 10.1 Å². The van der Waals surface area contributed by atoms with Crippen molar-refractivity contribution in [3.8, 4) is 5.75 Å². The Morgan fingerprint density at radius 3 is 2.52 bits per heavy atom. The number of nitrogens with zero attached hydrogens (tertiary/aromatic N) is 1. The highest BCUT2D eigenvalue weighted by Gasteiger charge is 2.11. The summed E-state index contributed by atoms with van der Waals surface area (Å²) in [4.78, 5) is 10.6. The number of rotatable bonds is 5. The molecule has 0 saturated carbocycles. The molecule has 21 heavy (non-hydrogen) atoms. The van der Waals surface area contributed by atoms with Gasteiger partial charge in [0.15, 0.2) is 0 Å². The monoisotopic (exact) mass is 286 g/mol. The molecule has 0 unspecified atom stereocenters. The van der Waals surface area contributed by atoms with Crippen LogP contribution in [0.25, 0.3) is 0 Å². The first-order valence-electron chi connectivity index (χ1n) is 6.63. The number of anilines is 1. The fourth-order valence-corrected chi connectivity index (χ4v) is 2.12. The third-order valence-electron chi connectivity index (χ3n) is 3.39. The van der Waals surface area contributed by atoms with Crippen molar-refractivity contribution >= 4 is 11.4 Å². The third-order valence-corrected chi connectivity index (χ3v) is 3.39. The number of nitrogens with one attached hydrogen (secondary N) is 1. The SMILES string of the molecule is COc1ccc(NCc2ccc(C)c([N+](=O)[O-])c2)c(C)c1. The molecule has 0 atom stereocenters. The Morgan fingerprint density at radius 1 is 1.14 bits per heavy atom. The number of ether oxygens (including phenoxy) is 1. The molecule has 0 saturated heterocycles. The molecule has 2 aromatic carbocycles. The Hall–Kier alpha value is -2.56. The summed E-state index contributed by atoms with van der Waals surface area (Å²) in [7, 11) is 1.63. The Bertz CT molecular complexity index is 669. The molecule has 0 aromatic heterocycles. The standard InChI is InChI=1S/C16H18N2O3/c1-11-4-5-13(9-16(11)18(19)20)10-17-15-7-6-14(21-3)8-12(15)2/h4-9,17H,10H2,1-3H3. The van der Waals surface area contributed by atoms with Gasteiger partial charge in [-0.25, -0.2) is 0 Å². The molecule has 0 aliphatic rings. The van der Waals surface area contributed by atoms with E-state index < -0.39 is 0 Å². The van der Waals surface area contributed by atoms with Crippen LogP contribution in [0.4, 0.5) is 11.4 Å². The lowest BCUT2D eigenvalue weighted by molar-refractivity contribution is -0.385. The number of hydrogen-bond acceptors (Lipinski definition) is 4. The van der Waals surface area contributed by atoms with Crippen LogP contribution < -0.4 is 10.1 Å². The maximum atomic E-state index is 10.9. The van der Waals surface area contributed by atoms with Gasteiger partial charge in [-0.1, -0.05) is 12.1 Å². The second kappa shape index (κ2) is 6.26. The fourth-order valence-electron chi connectivity index (χ4n) is 2.12. The Kier molecular flexibility index (Phi) is 4.42. The lowest BCUT2D eigenvalue weighted by Gasteiger charge is -2.11. The summed E-state index contributed by atoms with van der Waals surface area (Å²) in [5, 5.41) is 14.2. The highest BCUT2D eigenvalue weighted by molar-refractivity contribution is 5.54. The summed E-state index contributed by atoms with van der Waals surface area (Å²) >= 11 is 0. The van der Waals surface area contributed by atoms with Gasteiger partial charge in [-0.15, -0.1) is 0 Å². The number of nitro benzene ring substituents is 1. The van der Waals surface area contributed by atoms with Gasteiger partial charge in [0.2, 0.25) is 0 Å². The minimum absolute atomic E-state index is 0.153. The second-order valence-corrected chi connectivity index (χ2v) is 4.91. The van der Waals surface area contributed by atoms with Crippen molar-refractivity contribution < 1.29 is 9.66 Å². The molecule has 0 radical (unpaired) electrons. The van der Waals surface area contributed by atoms with Gasteiger partial charge in [0, 0.05) is 23.9 Å². The Morgan fingerprint density at radius 2 is 1.90 bits per heavy atom. The maximum Gasteiger partial charge on any atom is 0.272 e. The lowest BCUT2D eigenvalue weighted by atomic mass is 10.1. The average Bonchev–Trinajstić information content (AvgIpc) is 2.47. The van der Waals surface area contributed by atoms with E-state index in [0.29, 0.717) is 12.1 Å². The van der Waals surface area contributed by atoms with E-state index in [1.165, 1.54) is 0 Å². The molecule has 0 bridgehead atoms. The van der Waals surface area contributed by atoms with Crippen LogP contribution in [0.1, 0.15) is 16.7 Å². The average molecular weight is 286 g/mol. The van der Waals surface area contributed by atoms with Gasteiger partial charge in [-0.2, -0.15) is 0 Å². The summed E-state index contributed by atoms with van der Waals surface area (Å²) in [5.74, 6) is 0.809. The van der Waals surface area contributed by atoms with Gasteiger partial charge >= 0.3 is 0 Å². The summed E-state index contributed by atoms with van der Waals surface area (Å²) in [6, 6.07) is 11.1. The fraction of sp³-hybridized carbons (Fsp3) is 0.250. The van der Waals surface area contributed by atoms with Crippen LogP contribution in [0.5, 0.6) is 5.75 Å². The molecule has 1 N–H and O–H groups in total. The largest absolute Gasteiger partial charge is 0.497 e. The normalized spacial score (nSPS) is 10.2. The van der Waals surface area contributed by atoms with Crippen molar-refractivity contribution in [1.82, 2.24) is 0 Å². The van der Waals surface area contributed by atoms with E-state index in [1.807, 2.05) is 31.2 Å². The molecule has 5 heteroatoms. The second-order valence-electron chi connectivity index (χ2n) is 4.91. The van der Waals surface area contributed by atoms with E-state index in [2.05, 4.69) is 5.32 Å². The van der Waals surface area contributed by atoms with E-state index in [9.17, 15) is 10.1 Å². The molecule has 0 amide bonds. The molecule has 0 aliphatic heterocycles. The number of hydrogen-bond donors (Lipinski definition) is 1. The van der Waals surface area contributed by atoms with Gasteiger partial charge in [-0.05, 0) is 43.2 Å². The van der Waals surface area contributed by atoms with Gasteiger partial charge in [0.1, 0.15) is 5.75 Å². The highest BCUT2D eigenvalue weighted by atomic mass is 16.6. The van der Waals surface area contributed by atoms with Crippen LogP contribution >= 0.6 is 0 Å². The molecular formula is C16H18N2O3. The molecule has 110 valence electrons. The molecule has 2 aromatic rings. The zero-order valence-electron chi connectivity index (χ0n) is 12.3. The van der Waals surface area contributed by atoms with E-state index in [0.717, 1.165) is 22.6 Å². The van der Waals surface area contributed by atoms with E-state index in [4.69, 9.17) is 4.74 Å². The van der Waals surface area contributed by atoms with Crippen molar-refractivity contribution in [3.05, 3.63) is 63.2 Å². The van der Waals surface area contributed by atoms with Crippen molar-refractivity contribution in [2.45, 2.75) is 20.4 Å². The van der Waals surface area contributed by atoms with E-state index >= 15 is 0 Å².